The fourth-order valence-corrected chi connectivity index (χ4v) is 4.91. The lowest BCUT2D eigenvalue weighted by Crippen LogP contribution is -2.31. The number of amides is 1. The molecule has 3 heterocycles. The van der Waals surface area contributed by atoms with E-state index in [-0.39, 0.29) is 11.5 Å². The molecule has 0 radical (unpaired) electrons. The van der Waals surface area contributed by atoms with Gasteiger partial charge < -0.3 is 9.47 Å². The smallest absolute Gasteiger partial charge is 0.263 e. The van der Waals surface area contributed by atoms with E-state index < -0.39 is 0 Å². The maximum absolute atomic E-state index is 13.0. The van der Waals surface area contributed by atoms with Gasteiger partial charge in [0.25, 0.3) is 11.5 Å². The SMILES string of the molecule is CCn1c(=O)c2cc(C(=O)N3CCCCCC3)sc2c2ccccc21. The lowest BCUT2D eigenvalue weighted by atomic mass is 10.1. The van der Waals surface area contributed by atoms with Gasteiger partial charge >= 0.3 is 0 Å². The minimum Gasteiger partial charge on any atom is -0.338 e. The van der Waals surface area contributed by atoms with Gasteiger partial charge in [0.15, 0.2) is 0 Å². The molecule has 0 atom stereocenters. The van der Waals surface area contributed by atoms with Gasteiger partial charge in [0.2, 0.25) is 0 Å². The summed E-state index contributed by atoms with van der Waals surface area (Å²) in [6.07, 6.45) is 4.54. The van der Waals surface area contributed by atoms with Crippen molar-refractivity contribution in [2.75, 3.05) is 13.1 Å². The van der Waals surface area contributed by atoms with Crippen molar-refractivity contribution in [3.63, 3.8) is 0 Å². The molecular weight excluding hydrogens is 332 g/mol. The van der Waals surface area contributed by atoms with Crippen LogP contribution in [0, 0.1) is 0 Å². The zero-order valence-corrected chi connectivity index (χ0v) is 15.3. The van der Waals surface area contributed by atoms with E-state index in [0.29, 0.717) is 16.8 Å². The first-order valence-electron chi connectivity index (χ1n) is 9.05. The molecule has 1 amide bonds. The monoisotopic (exact) mass is 354 g/mol. The van der Waals surface area contributed by atoms with Gasteiger partial charge in [-0.2, -0.15) is 0 Å². The molecule has 1 aliphatic heterocycles. The quantitative estimate of drug-likeness (QED) is 0.690. The molecular formula is C20H22N2O2S. The second kappa shape index (κ2) is 6.64. The summed E-state index contributed by atoms with van der Waals surface area (Å²) in [6.45, 7) is 4.26. The summed E-state index contributed by atoms with van der Waals surface area (Å²) in [4.78, 5) is 28.5. The van der Waals surface area contributed by atoms with E-state index in [1.54, 1.807) is 4.57 Å². The fourth-order valence-electron chi connectivity index (χ4n) is 3.75. The normalized spacial score (nSPS) is 15.6. The fraction of sp³-hybridized carbons (Fsp3) is 0.400. The van der Waals surface area contributed by atoms with Crippen LogP contribution in [0.25, 0.3) is 21.0 Å². The van der Waals surface area contributed by atoms with Crippen LogP contribution in [0.1, 0.15) is 42.3 Å². The molecule has 4 nitrogen and oxygen atoms in total. The van der Waals surface area contributed by atoms with Gasteiger partial charge in [0.1, 0.15) is 0 Å². The Balaban J connectivity index is 1.87. The largest absolute Gasteiger partial charge is 0.338 e. The van der Waals surface area contributed by atoms with Crippen molar-refractivity contribution < 1.29 is 4.79 Å². The van der Waals surface area contributed by atoms with E-state index in [0.717, 1.165) is 41.5 Å². The molecule has 0 N–H and O–H groups in total. The molecule has 0 spiro atoms. The maximum Gasteiger partial charge on any atom is 0.263 e. The van der Waals surface area contributed by atoms with E-state index in [2.05, 4.69) is 0 Å². The van der Waals surface area contributed by atoms with Crippen molar-refractivity contribution in [1.82, 2.24) is 9.47 Å². The van der Waals surface area contributed by atoms with E-state index in [9.17, 15) is 9.59 Å². The van der Waals surface area contributed by atoms with Crippen molar-refractivity contribution in [3.05, 3.63) is 45.6 Å². The molecule has 5 heteroatoms. The number of aromatic nitrogens is 1. The molecule has 1 saturated heterocycles. The minimum absolute atomic E-state index is 0.00219. The third-order valence-corrected chi connectivity index (χ3v) is 6.22. The first kappa shape index (κ1) is 16.3. The Kier molecular flexibility index (Phi) is 4.34. The third-order valence-electron chi connectivity index (χ3n) is 5.07. The van der Waals surface area contributed by atoms with Crippen molar-refractivity contribution in [3.8, 4) is 0 Å². The minimum atomic E-state index is 0.00219. The Morgan fingerprint density at radius 2 is 1.80 bits per heavy atom. The molecule has 0 aliphatic carbocycles. The summed E-state index contributed by atoms with van der Waals surface area (Å²) in [7, 11) is 0. The Bertz CT molecular complexity index is 994. The standard InChI is InChI=1S/C20H22N2O2S/c1-2-22-16-10-6-5-9-14(16)18-15(19(22)23)13-17(25-18)20(24)21-11-7-3-4-8-12-21/h5-6,9-10,13H,2-4,7-8,11-12H2,1H3. The van der Waals surface area contributed by atoms with Crippen LogP contribution in [0.5, 0.6) is 0 Å². The predicted molar refractivity (Wildman–Crippen MR) is 104 cm³/mol. The van der Waals surface area contributed by atoms with Crippen LogP contribution in [-0.4, -0.2) is 28.5 Å². The van der Waals surface area contributed by atoms with Crippen LogP contribution in [0.4, 0.5) is 0 Å². The van der Waals surface area contributed by atoms with Crippen molar-refractivity contribution in [2.45, 2.75) is 39.2 Å². The van der Waals surface area contributed by atoms with Crippen LogP contribution < -0.4 is 5.56 Å². The number of benzene rings is 1. The molecule has 0 bridgehead atoms. The van der Waals surface area contributed by atoms with Crippen molar-refractivity contribution in [2.24, 2.45) is 0 Å². The average Bonchev–Trinajstić information content (AvgIpc) is 2.91. The second-order valence-corrected chi connectivity index (χ2v) is 7.68. The van der Waals surface area contributed by atoms with E-state index in [1.165, 1.54) is 24.2 Å². The Morgan fingerprint density at radius 3 is 2.52 bits per heavy atom. The highest BCUT2D eigenvalue weighted by Crippen LogP contribution is 2.31. The van der Waals surface area contributed by atoms with Gasteiger partial charge in [-0.05, 0) is 31.9 Å². The number of aryl methyl sites for hydroxylation is 1. The van der Waals surface area contributed by atoms with Crippen LogP contribution in [-0.2, 0) is 6.54 Å². The molecule has 0 saturated carbocycles. The highest BCUT2D eigenvalue weighted by Gasteiger charge is 2.21. The van der Waals surface area contributed by atoms with Gasteiger partial charge in [-0.3, -0.25) is 9.59 Å². The molecule has 1 fully saturated rings. The van der Waals surface area contributed by atoms with E-state index >= 15 is 0 Å². The van der Waals surface area contributed by atoms with Gasteiger partial charge in [-0.1, -0.05) is 31.0 Å². The van der Waals surface area contributed by atoms with Gasteiger partial charge in [-0.15, -0.1) is 11.3 Å². The van der Waals surface area contributed by atoms with Gasteiger partial charge in [0, 0.05) is 29.7 Å². The molecule has 4 rings (SSSR count). The van der Waals surface area contributed by atoms with Crippen LogP contribution >= 0.6 is 11.3 Å². The van der Waals surface area contributed by atoms with Crippen molar-refractivity contribution in [1.29, 1.82) is 0 Å². The number of likely N-dealkylation sites (tertiary alicyclic amines) is 1. The lowest BCUT2D eigenvalue weighted by Gasteiger charge is -2.19. The van der Waals surface area contributed by atoms with Crippen LogP contribution in [0.2, 0.25) is 0 Å². The van der Waals surface area contributed by atoms with Gasteiger partial charge in [-0.25, -0.2) is 0 Å². The zero-order valence-electron chi connectivity index (χ0n) is 14.5. The maximum atomic E-state index is 13.0. The molecule has 130 valence electrons. The van der Waals surface area contributed by atoms with Crippen LogP contribution in [0.15, 0.2) is 35.1 Å². The Labute approximate surface area is 150 Å². The average molecular weight is 354 g/mol. The summed E-state index contributed by atoms with van der Waals surface area (Å²) in [5, 5.41) is 1.72. The van der Waals surface area contributed by atoms with Crippen molar-refractivity contribution >= 4 is 38.2 Å². The number of pyridine rings is 1. The molecule has 25 heavy (non-hydrogen) atoms. The molecule has 1 aromatic carbocycles. The summed E-state index contributed by atoms with van der Waals surface area (Å²) in [5.74, 6) is 0.0784. The lowest BCUT2D eigenvalue weighted by molar-refractivity contribution is 0.0766. The molecule has 2 aromatic heterocycles. The number of fused-ring (bicyclic) bond motifs is 3. The number of hydrogen-bond acceptors (Lipinski definition) is 3. The van der Waals surface area contributed by atoms with Gasteiger partial charge in [0.05, 0.1) is 15.8 Å². The first-order chi connectivity index (χ1) is 12.2. The van der Waals surface area contributed by atoms with E-state index in [4.69, 9.17) is 0 Å². The highest BCUT2D eigenvalue weighted by atomic mass is 32.1. The number of para-hydroxylation sites is 1. The number of hydrogen-bond donors (Lipinski definition) is 0. The first-order valence-corrected chi connectivity index (χ1v) is 9.86. The summed E-state index contributed by atoms with van der Waals surface area (Å²) in [5.41, 5.74) is 0.945. The number of carbonyl (C=O) groups is 1. The summed E-state index contributed by atoms with van der Waals surface area (Å²) in [6, 6.07) is 9.78. The molecule has 3 aromatic rings. The zero-order chi connectivity index (χ0) is 17.4. The summed E-state index contributed by atoms with van der Waals surface area (Å²) < 4.78 is 2.73. The highest BCUT2D eigenvalue weighted by molar-refractivity contribution is 7.21. The molecule has 1 aliphatic rings. The number of carbonyl (C=O) groups excluding carboxylic acids is 1. The predicted octanol–water partition coefficient (Wildman–Crippen LogP) is 4.25. The Hall–Kier alpha value is -2.14. The Morgan fingerprint density at radius 1 is 1.08 bits per heavy atom. The summed E-state index contributed by atoms with van der Waals surface area (Å²) >= 11 is 1.46. The third kappa shape index (κ3) is 2.76. The molecule has 0 unspecified atom stereocenters. The number of thiophene rings is 1. The second-order valence-electron chi connectivity index (χ2n) is 6.63. The number of nitrogens with zero attached hydrogens (tertiary/aromatic N) is 2. The topological polar surface area (TPSA) is 42.3 Å². The van der Waals surface area contributed by atoms with Crippen LogP contribution in [0.3, 0.4) is 0 Å². The number of rotatable bonds is 2. The van der Waals surface area contributed by atoms with E-state index in [1.807, 2.05) is 42.2 Å².